The van der Waals surface area contributed by atoms with E-state index in [1.54, 1.807) is 17.5 Å². The predicted molar refractivity (Wildman–Crippen MR) is 113 cm³/mol. The molecule has 0 aliphatic carbocycles. The molecule has 1 aromatic heterocycles. The number of piperidine rings is 1. The van der Waals surface area contributed by atoms with Gasteiger partial charge >= 0.3 is 0 Å². The number of hydrogen-bond donors (Lipinski definition) is 2. The molecule has 1 saturated heterocycles. The maximum atomic E-state index is 12.7. The first-order valence-electron chi connectivity index (χ1n) is 9.49. The van der Waals surface area contributed by atoms with Gasteiger partial charge in [-0.25, -0.2) is 8.42 Å². The molecule has 8 heteroatoms. The third-order valence-corrected chi connectivity index (χ3v) is 7.57. The molecule has 28 heavy (non-hydrogen) atoms. The van der Waals surface area contributed by atoms with Gasteiger partial charge in [0.1, 0.15) is 9.77 Å². The van der Waals surface area contributed by atoms with E-state index >= 15 is 0 Å². The molecule has 2 N–H and O–H groups in total. The van der Waals surface area contributed by atoms with Crippen molar-refractivity contribution in [3.8, 4) is 0 Å². The SMILES string of the molecule is Cc1ccc(NS(=O)(=O)c2ccsc2C(=O)NCCC2CCN(C)CC2)cc1. The van der Waals surface area contributed by atoms with Gasteiger partial charge in [-0.2, -0.15) is 0 Å². The Hall–Kier alpha value is -1.90. The number of anilines is 1. The lowest BCUT2D eigenvalue weighted by atomic mass is 9.94. The van der Waals surface area contributed by atoms with Gasteiger partial charge in [0, 0.05) is 12.2 Å². The van der Waals surface area contributed by atoms with E-state index in [-0.39, 0.29) is 15.7 Å². The third-order valence-electron chi connectivity index (χ3n) is 5.10. The Morgan fingerprint density at radius 2 is 1.86 bits per heavy atom. The predicted octanol–water partition coefficient (Wildman–Crippen LogP) is 3.32. The number of hydrogen-bond acceptors (Lipinski definition) is 5. The molecule has 2 aromatic rings. The normalized spacial score (nSPS) is 16.1. The fourth-order valence-corrected chi connectivity index (χ4v) is 5.73. The van der Waals surface area contributed by atoms with Crippen LogP contribution in [0.1, 0.15) is 34.5 Å². The van der Waals surface area contributed by atoms with Crippen molar-refractivity contribution in [3.05, 3.63) is 46.2 Å². The van der Waals surface area contributed by atoms with E-state index in [4.69, 9.17) is 0 Å². The van der Waals surface area contributed by atoms with Gasteiger partial charge in [0.15, 0.2) is 0 Å². The van der Waals surface area contributed by atoms with Crippen molar-refractivity contribution in [1.82, 2.24) is 10.2 Å². The molecular formula is C20H27N3O3S2. The lowest BCUT2D eigenvalue weighted by Gasteiger charge is -2.28. The molecule has 0 unspecified atom stereocenters. The molecule has 3 rings (SSSR count). The first-order valence-corrected chi connectivity index (χ1v) is 11.8. The van der Waals surface area contributed by atoms with Gasteiger partial charge in [-0.05, 0) is 75.8 Å². The number of aryl methyl sites for hydroxylation is 1. The molecule has 0 atom stereocenters. The maximum absolute atomic E-state index is 12.7. The fraction of sp³-hybridized carbons (Fsp3) is 0.450. The Balaban J connectivity index is 1.60. The van der Waals surface area contributed by atoms with Crippen molar-refractivity contribution in [1.29, 1.82) is 0 Å². The van der Waals surface area contributed by atoms with E-state index in [9.17, 15) is 13.2 Å². The Morgan fingerprint density at radius 3 is 2.54 bits per heavy atom. The van der Waals surface area contributed by atoms with Gasteiger partial charge in [0.2, 0.25) is 0 Å². The second kappa shape index (κ2) is 9.07. The summed E-state index contributed by atoms with van der Waals surface area (Å²) in [4.78, 5) is 15.1. The summed E-state index contributed by atoms with van der Waals surface area (Å²) >= 11 is 1.15. The number of sulfonamides is 1. The number of amides is 1. The molecule has 2 heterocycles. The monoisotopic (exact) mass is 421 g/mol. The summed E-state index contributed by atoms with van der Waals surface area (Å²) in [5.41, 5.74) is 1.52. The van der Waals surface area contributed by atoms with Crippen molar-refractivity contribution in [2.45, 2.75) is 31.1 Å². The van der Waals surface area contributed by atoms with Gasteiger partial charge in [-0.1, -0.05) is 17.7 Å². The van der Waals surface area contributed by atoms with Crippen LogP contribution in [0.15, 0.2) is 40.6 Å². The molecule has 0 radical (unpaired) electrons. The van der Waals surface area contributed by atoms with Crippen LogP contribution in [0.4, 0.5) is 5.69 Å². The van der Waals surface area contributed by atoms with Crippen LogP contribution >= 0.6 is 11.3 Å². The smallest absolute Gasteiger partial charge is 0.263 e. The van der Waals surface area contributed by atoms with Crippen LogP contribution < -0.4 is 10.0 Å². The summed E-state index contributed by atoms with van der Waals surface area (Å²) in [5, 5.41) is 4.53. The van der Waals surface area contributed by atoms with Crippen LogP contribution in [0.25, 0.3) is 0 Å². The number of nitrogens with one attached hydrogen (secondary N) is 2. The minimum Gasteiger partial charge on any atom is -0.351 e. The summed E-state index contributed by atoms with van der Waals surface area (Å²) in [6.45, 7) is 4.69. The number of thiophene rings is 1. The quantitative estimate of drug-likeness (QED) is 0.719. The highest BCUT2D eigenvalue weighted by Crippen LogP contribution is 2.25. The highest BCUT2D eigenvalue weighted by molar-refractivity contribution is 7.93. The van der Waals surface area contributed by atoms with Gasteiger partial charge in [-0.15, -0.1) is 11.3 Å². The Labute approximate surface area is 171 Å². The Kier molecular flexibility index (Phi) is 6.74. The van der Waals surface area contributed by atoms with Crippen molar-refractivity contribution in [3.63, 3.8) is 0 Å². The van der Waals surface area contributed by atoms with E-state index in [2.05, 4.69) is 22.0 Å². The Morgan fingerprint density at radius 1 is 1.18 bits per heavy atom. The molecule has 1 aromatic carbocycles. The lowest BCUT2D eigenvalue weighted by molar-refractivity contribution is 0.0950. The van der Waals surface area contributed by atoms with Crippen molar-refractivity contribution in [2.24, 2.45) is 5.92 Å². The molecule has 0 bridgehead atoms. The zero-order valence-electron chi connectivity index (χ0n) is 16.3. The molecule has 1 aliphatic heterocycles. The standard InChI is InChI=1S/C20H27N3O3S2/c1-15-3-5-17(6-4-15)22-28(25,26)18-10-14-27-19(18)20(24)21-11-7-16-8-12-23(2)13-9-16/h3-6,10,14,16,22H,7-9,11-13H2,1-2H3,(H,21,24). The average molecular weight is 422 g/mol. The largest absolute Gasteiger partial charge is 0.351 e. The number of carbonyl (C=O) groups excluding carboxylic acids is 1. The van der Waals surface area contributed by atoms with E-state index in [0.717, 1.165) is 49.3 Å². The Bertz CT molecular complexity index is 899. The molecule has 0 saturated carbocycles. The van der Waals surface area contributed by atoms with E-state index in [1.807, 2.05) is 19.1 Å². The lowest BCUT2D eigenvalue weighted by Crippen LogP contribution is -2.32. The molecular weight excluding hydrogens is 394 g/mol. The van der Waals surface area contributed by atoms with E-state index in [0.29, 0.717) is 18.2 Å². The number of nitrogens with zero attached hydrogens (tertiary/aromatic N) is 1. The maximum Gasteiger partial charge on any atom is 0.263 e. The zero-order chi connectivity index (χ0) is 20.1. The molecule has 0 spiro atoms. The summed E-state index contributed by atoms with van der Waals surface area (Å²) < 4.78 is 28.0. The third kappa shape index (κ3) is 5.33. The summed E-state index contributed by atoms with van der Waals surface area (Å²) in [6, 6.07) is 8.57. The summed E-state index contributed by atoms with van der Waals surface area (Å²) in [5.74, 6) is 0.290. The first-order chi connectivity index (χ1) is 13.3. The van der Waals surface area contributed by atoms with Crippen LogP contribution in [0.2, 0.25) is 0 Å². The van der Waals surface area contributed by atoms with Crippen LogP contribution in [0, 0.1) is 12.8 Å². The van der Waals surface area contributed by atoms with Crippen molar-refractivity contribution >= 4 is 33.0 Å². The topological polar surface area (TPSA) is 78.5 Å². The second-order valence-electron chi connectivity index (χ2n) is 7.38. The minimum atomic E-state index is -3.82. The highest BCUT2D eigenvalue weighted by Gasteiger charge is 2.24. The van der Waals surface area contributed by atoms with E-state index in [1.165, 1.54) is 6.07 Å². The van der Waals surface area contributed by atoms with Crippen molar-refractivity contribution < 1.29 is 13.2 Å². The molecule has 6 nitrogen and oxygen atoms in total. The number of likely N-dealkylation sites (tertiary alicyclic amines) is 1. The van der Waals surface area contributed by atoms with Crippen molar-refractivity contribution in [2.75, 3.05) is 31.4 Å². The number of benzene rings is 1. The fourth-order valence-electron chi connectivity index (χ4n) is 3.33. The highest BCUT2D eigenvalue weighted by atomic mass is 32.2. The molecule has 1 fully saturated rings. The number of carbonyl (C=O) groups is 1. The number of rotatable bonds is 7. The summed E-state index contributed by atoms with van der Waals surface area (Å²) in [6.07, 6.45) is 3.21. The van der Waals surface area contributed by atoms with Gasteiger partial charge in [0.25, 0.3) is 15.9 Å². The van der Waals surface area contributed by atoms with Gasteiger partial charge in [-0.3, -0.25) is 9.52 Å². The van der Waals surface area contributed by atoms with Crippen LogP contribution in [-0.2, 0) is 10.0 Å². The zero-order valence-corrected chi connectivity index (χ0v) is 17.9. The van der Waals surface area contributed by atoms with Crippen LogP contribution in [-0.4, -0.2) is 45.9 Å². The second-order valence-corrected chi connectivity index (χ2v) is 9.94. The van der Waals surface area contributed by atoms with Crippen LogP contribution in [0.3, 0.4) is 0 Å². The molecule has 152 valence electrons. The molecule has 1 aliphatic rings. The minimum absolute atomic E-state index is 0.0230. The van der Waals surface area contributed by atoms with Gasteiger partial charge in [0.05, 0.1) is 0 Å². The first kappa shape index (κ1) is 20.8. The summed E-state index contributed by atoms with van der Waals surface area (Å²) in [7, 11) is -1.69. The van der Waals surface area contributed by atoms with E-state index < -0.39 is 10.0 Å². The average Bonchev–Trinajstić information content (AvgIpc) is 3.16. The van der Waals surface area contributed by atoms with Crippen LogP contribution in [0.5, 0.6) is 0 Å². The molecule has 1 amide bonds. The van der Waals surface area contributed by atoms with Gasteiger partial charge < -0.3 is 10.2 Å².